The molecule has 2 aliphatic rings. The number of nitrogens with one attached hydrogen (secondary N) is 2. The molecular weight excluding hydrogens is 310 g/mol. The number of pyridine rings is 1. The van der Waals surface area contributed by atoms with Gasteiger partial charge < -0.3 is 9.88 Å². The molecule has 120 valence electrons. The van der Waals surface area contributed by atoms with Crippen LogP contribution in [0.25, 0.3) is 0 Å². The monoisotopic (exact) mass is 329 g/mol. The number of aromatic nitrogens is 4. The van der Waals surface area contributed by atoms with Crippen molar-refractivity contribution in [2.75, 3.05) is 6.54 Å². The van der Waals surface area contributed by atoms with Crippen LogP contribution in [0.15, 0.2) is 24.5 Å². The number of H-pyrrole nitrogens is 1. The Labute approximate surface area is 139 Å². The van der Waals surface area contributed by atoms with E-state index in [4.69, 9.17) is 12.2 Å². The van der Waals surface area contributed by atoms with E-state index in [2.05, 4.69) is 25.1 Å². The number of nitrogens with zero attached hydrogens (tertiary/aromatic N) is 3. The molecule has 7 heteroatoms. The molecule has 6 nitrogen and oxygen atoms in total. The molecule has 2 aromatic rings. The van der Waals surface area contributed by atoms with Crippen LogP contribution in [0.4, 0.5) is 0 Å². The average molecular weight is 329 g/mol. The van der Waals surface area contributed by atoms with Crippen molar-refractivity contribution < 1.29 is 4.79 Å². The highest BCUT2D eigenvalue weighted by Crippen LogP contribution is 2.47. The van der Waals surface area contributed by atoms with Gasteiger partial charge in [0.2, 0.25) is 5.91 Å². The van der Waals surface area contributed by atoms with Crippen LogP contribution in [-0.2, 0) is 11.2 Å². The molecule has 0 bridgehead atoms. The van der Waals surface area contributed by atoms with Crippen molar-refractivity contribution in [3.05, 3.63) is 40.7 Å². The van der Waals surface area contributed by atoms with Crippen molar-refractivity contribution in [1.29, 1.82) is 0 Å². The molecule has 2 fully saturated rings. The summed E-state index contributed by atoms with van der Waals surface area (Å²) >= 11 is 5.26. The molecule has 2 atom stereocenters. The molecular formula is C16H19N5OS. The van der Waals surface area contributed by atoms with Crippen LogP contribution in [0, 0.1) is 10.7 Å². The van der Waals surface area contributed by atoms with Crippen molar-refractivity contribution in [2.45, 2.75) is 37.6 Å². The van der Waals surface area contributed by atoms with Gasteiger partial charge in [-0.3, -0.25) is 14.9 Å². The summed E-state index contributed by atoms with van der Waals surface area (Å²) < 4.78 is 2.78. The van der Waals surface area contributed by atoms with Crippen LogP contribution in [0.3, 0.4) is 0 Å². The van der Waals surface area contributed by atoms with Crippen molar-refractivity contribution in [3.8, 4) is 0 Å². The number of hydrogen-bond acceptors (Lipinski definition) is 4. The highest BCUT2D eigenvalue weighted by molar-refractivity contribution is 7.71. The standard InChI is InChI=1S/C16H19N5OS/c22-15(13-8-12(13)10-2-1-6-17-9-10)18-7-5-14-19-20-16(23)21(14)11-3-4-11/h1-2,6,9,11-13H,3-5,7-8H2,(H,18,22)(H,20,23)/t12-,13+/m0/s1. The third-order valence-electron chi connectivity index (χ3n) is 4.58. The maximum Gasteiger partial charge on any atom is 0.223 e. The van der Waals surface area contributed by atoms with E-state index in [0.29, 0.717) is 29.7 Å². The van der Waals surface area contributed by atoms with E-state index >= 15 is 0 Å². The van der Waals surface area contributed by atoms with Crippen LogP contribution in [0.5, 0.6) is 0 Å². The Balaban J connectivity index is 1.29. The van der Waals surface area contributed by atoms with Gasteiger partial charge in [-0.1, -0.05) is 6.07 Å². The first-order valence-electron chi connectivity index (χ1n) is 8.07. The molecule has 2 heterocycles. The largest absolute Gasteiger partial charge is 0.355 e. The lowest BCUT2D eigenvalue weighted by Crippen LogP contribution is -2.28. The maximum absolute atomic E-state index is 12.2. The highest BCUT2D eigenvalue weighted by Gasteiger charge is 2.43. The molecule has 4 rings (SSSR count). The molecule has 0 saturated heterocycles. The van der Waals surface area contributed by atoms with E-state index in [9.17, 15) is 4.79 Å². The minimum Gasteiger partial charge on any atom is -0.355 e. The smallest absolute Gasteiger partial charge is 0.223 e. The van der Waals surface area contributed by atoms with Gasteiger partial charge in [-0.15, -0.1) is 0 Å². The minimum atomic E-state index is 0.0865. The maximum atomic E-state index is 12.2. The van der Waals surface area contributed by atoms with E-state index in [0.717, 1.165) is 17.8 Å². The summed E-state index contributed by atoms with van der Waals surface area (Å²) in [6.45, 7) is 0.599. The molecule has 0 aromatic carbocycles. The zero-order valence-electron chi connectivity index (χ0n) is 12.7. The minimum absolute atomic E-state index is 0.0865. The Kier molecular flexibility index (Phi) is 3.72. The molecule has 2 aromatic heterocycles. The van der Waals surface area contributed by atoms with Gasteiger partial charge in [0.05, 0.1) is 0 Å². The van der Waals surface area contributed by atoms with Crippen LogP contribution < -0.4 is 5.32 Å². The number of carbonyl (C=O) groups is 1. The van der Waals surface area contributed by atoms with Gasteiger partial charge in [-0.25, -0.2) is 0 Å². The lowest BCUT2D eigenvalue weighted by Gasteiger charge is -2.06. The summed E-state index contributed by atoms with van der Waals surface area (Å²) in [7, 11) is 0. The number of aromatic amines is 1. The Morgan fingerprint density at radius 3 is 3.09 bits per heavy atom. The molecule has 2 aliphatic carbocycles. The Morgan fingerprint density at radius 1 is 1.48 bits per heavy atom. The molecule has 2 N–H and O–H groups in total. The fraction of sp³-hybridized carbons (Fsp3) is 0.500. The predicted octanol–water partition coefficient (Wildman–Crippen LogP) is 2.13. The normalized spacial score (nSPS) is 22.8. The van der Waals surface area contributed by atoms with Gasteiger partial charge in [0.25, 0.3) is 0 Å². The van der Waals surface area contributed by atoms with E-state index in [1.165, 1.54) is 12.8 Å². The summed E-state index contributed by atoms with van der Waals surface area (Å²) in [5.74, 6) is 1.48. The van der Waals surface area contributed by atoms with Crippen molar-refractivity contribution in [2.24, 2.45) is 5.92 Å². The first-order valence-corrected chi connectivity index (χ1v) is 8.48. The molecule has 2 saturated carbocycles. The highest BCUT2D eigenvalue weighted by atomic mass is 32.1. The Hall–Kier alpha value is -2.02. The topological polar surface area (TPSA) is 75.6 Å². The summed E-state index contributed by atoms with van der Waals surface area (Å²) in [6, 6.07) is 4.46. The van der Waals surface area contributed by atoms with E-state index in [-0.39, 0.29) is 11.8 Å². The summed E-state index contributed by atoms with van der Waals surface area (Å²) in [5, 5.41) is 10.2. The van der Waals surface area contributed by atoms with Gasteiger partial charge in [-0.05, 0) is 49.0 Å². The van der Waals surface area contributed by atoms with Crippen LogP contribution >= 0.6 is 12.2 Å². The van der Waals surface area contributed by atoms with Gasteiger partial charge in [0, 0.05) is 37.3 Å². The SMILES string of the molecule is O=C(NCCc1n[nH]c(=S)n1C1CC1)[C@@H]1C[C@H]1c1cccnc1. The van der Waals surface area contributed by atoms with Crippen molar-refractivity contribution >= 4 is 18.1 Å². The fourth-order valence-corrected chi connectivity index (χ4v) is 3.40. The molecule has 0 unspecified atom stereocenters. The van der Waals surface area contributed by atoms with Gasteiger partial charge >= 0.3 is 0 Å². The third kappa shape index (κ3) is 3.06. The van der Waals surface area contributed by atoms with E-state index in [1.54, 1.807) is 6.20 Å². The summed E-state index contributed by atoms with van der Waals surface area (Å²) in [5.41, 5.74) is 1.15. The second kappa shape index (κ2) is 5.88. The van der Waals surface area contributed by atoms with Crippen LogP contribution in [0.2, 0.25) is 0 Å². The van der Waals surface area contributed by atoms with Gasteiger partial charge in [-0.2, -0.15) is 5.10 Å². The first-order chi connectivity index (χ1) is 11.2. The fourth-order valence-electron chi connectivity index (χ4n) is 3.10. The van der Waals surface area contributed by atoms with Crippen LogP contribution in [0.1, 0.15) is 42.6 Å². The Morgan fingerprint density at radius 2 is 2.35 bits per heavy atom. The van der Waals surface area contributed by atoms with E-state index < -0.39 is 0 Å². The molecule has 0 spiro atoms. The molecule has 23 heavy (non-hydrogen) atoms. The number of carbonyl (C=O) groups excluding carboxylic acids is 1. The second-order valence-electron chi connectivity index (χ2n) is 6.32. The van der Waals surface area contributed by atoms with Crippen molar-refractivity contribution in [3.63, 3.8) is 0 Å². The average Bonchev–Trinajstić information content (AvgIpc) is 3.48. The van der Waals surface area contributed by atoms with E-state index in [1.807, 2.05) is 18.3 Å². The zero-order chi connectivity index (χ0) is 15.8. The zero-order valence-corrected chi connectivity index (χ0v) is 13.6. The summed E-state index contributed by atoms with van der Waals surface area (Å²) in [4.78, 5) is 16.3. The number of hydrogen-bond donors (Lipinski definition) is 2. The lowest BCUT2D eigenvalue weighted by molar-refractivity contribution is -0.122. The van der Waals surface area contributed by atoms with Crippen LogP contribution in [-0.4, -0.2) is 32.2 Å². The number of rotatable bonds is 6. The quantitative estimate of drug-likeness (QED) is 0.796. The molecule has 0 aliphatic heterocycles. The van der Waals surface area contributed by atoms with Gasteiger partial charge in [0.15, 0.2) is 4.77 Å². The number of amides is 1. The third-order valence-corrected chi connectivity index (χ3v) is 4.87. The predicted molar refractivity (Wildman–Crippen MR) is 87.5 cm³/mol. The van der Waals surface area contributed by atoms with Crippen molar-refractivity contribution in [1.82, 2.24) is 25.1 Å². The first kappa shape index (κ1) is 14.6. The Bertz CT molecular complexity index is 764. The van der Waals surface area contributed by atoms with Gasteiger partial charge in [0.1, 0.15) is 5.82 Å². The summed E-state index contributed by atoms with van der Waals surface area (Å²) in [6.07, 6.45) is 7.57. The lowest BCUT2D eigenvalue weighted by atomic mass is 10.1. The molecule has 0 radical (unpaired) electrons. The molecule has 1 amide bonds. The second-order valence-corrected chi connectivity index (χ2v) is 6.71.